The Morgan fingerprint density at radius 3 is 1.53 bits per heavy atom. The first kappa shape index (κ1) is 37.1. The molecule has 0 spiro atoms. The fourth-order valence-electron chi connectivity index (χ4n) is 6.42. The summed E-state index contributed by atoms with van der Waals surface area (Å²) in [7, 11) is 0. The zero-order valence-corrected chi connectivity index (χ0v) is 29.9. The van der Waals surface area contributed by atoms with Crippen LogP contribution >= 0.6 is 0 Å². The Morgan fingerprint density at radius 2 is 1.05 bits per heavy atom. The first-order chi connectivity index (χ1) is 28.4. The number of rotatable bonds is 11. The summed E-state index contributed by atoms with van der Waals surface area (Å²) in [5.74, 6) is -3.55. The molecule has 4 aromatic carbocycles. The molecular weight excluding hydrogens is 766 g/mol. The first-order valence-corrected chi connectivity index (χ1v) is 17.3. The number of pyridine rings is 2. The van der Waals surface area contributed by atoms with Gasteiger partial charge in [-0.2, -0.15) is 0 Å². The zero-order chi connectivity index (χ0) is 41.5. The van der Waals surface area contributed by atoms with Crippen molar-refractivity contribution in [1.29, 1.82) is 0 Å². The van der Waals surface area contributed by atoms with Gasteiger partial charge in [0.1, 0.15) is 17.7 Å². The van der Waals surface area contributed by atoms with E-state index in [0.717, 1.165) is 22.1 Å². The van der Waals surface area contributed by atoms with Gasteiger partial charge in [0.15, 0.2) is 12.0 Å². The molecule has 288 valence electrons. The van der Waals surface area contributed by atoms with Crippen molar-refractivity contribution in [3.8, 4) is 11.5 Å². The van der Waals surface area contributed by atoms with E-state index < -0.39 is 45.2 Å². The molecule has 0 radical (unpaired) electrons. The molecule has 6 aromatic rings. The van der Waals surface area contributed by atoms with Gasteiger partial charge in [-0.05, 0) is 111 Å². The summed E-state index contributed by atoms with van der Waals surface area (Å²) < 4.78 is 5.93. The molecule has 0 unspecified atom stereocenters. The fourth-order valence-corrected chi connectivity index (χ4v) is 6.42. The maximum Gasteiger partial charge on any atom is 0.363 e. The van der Waals surface area contributed by atoms with Crippen molar-refractivity contribution < 1.29 is 43.4 Å². The molecule has 0 atom stereocenters. The number of nitro groups is 2. The molecular formula is C41H23N7O11. The van der Waals surface area contributed by atoms with Crippen LogP contribution in [-0.4, -0.2) is 55.1 Å². The van der Waals surface area contributed by atoms with Crippen LogP contribution in [0.2, 0.25) is 0 Å². The Labute approximate surface area is 330 Å². The molecule has 2 aliphatic rings. The van der Waals surface area contributed by atoms with Crippen molar-refractivity contribution in [3.63, 3.8) is 0 Å². The van der Waals surface area contributed by atoms with Crippen LogP contribution in [0.5, 0.6) is 11.5 Å². The SMILES string of the molecule is O=C(Cc1ccc([N+](=O)[O-])nc1)c1ccc2c(c1)C(=O)N(c1ccc(Oc3ccc(N4C(=O)c5ccc(C(=O)Nc6ccc([N+](=O)[O-])nc6)cc5C4=O)cc3)cc1)C2=O. The van der Waals surface area contributed by atoms with Gasteiger partial charge in [-0.15, -0.1) is 0 Å². The number of ketones is 1. The molecule has 0 saturated carbocycles. The van der Waals surface area contributed by atoms with Gasteiger partial charge in [0.2, 0.25) is 0 Å². The summed E-state index contributed by atoms with van der Waals surface area (Å²) in [5, 5.41) is 24.3. The highest BCUT2D eigenvalue weighted by Gasteiger charge is 2.38. The van der Waals surface area contributed by atoms with Crippen molar-refractivity contribution in [1.82, 2.24) is 9.97 Å². The number of aromatic nitrogens is 2. The predicted molar refractivity (Wildman–Crippen MR) is 206 cm³/mol. The monoisotopic (exact) mass is 789 g/mol. The van der Waals surface area contributed by atoms with E-state index in [0.29, 0.717) is 17.1 Å². The predicted octanol–water partition coefficient (Wildman–Crippen LogP) is 6.36. The second-order valence-electron chi connectivity index (χ2n) is 13.0. The molecule has 4 heterocycles. The third kappa shape index (κ3) is 6.99. The van der Waals surface area contributed by atoms with Crippen molar-refractivity contribution >= 4 is 64.0 Å². The summed E-state index contributed by atoms with van der Waals surface area (Å²) >= 11 is 0. The maximum absolute atomic E-state index is 13.4. The number of nitrogens with zero attached hydrogens (tertiary/aromatic N) is 6. The first-order valence-electron chi connectivity index (χ1n) is 17.3. The topological polar surface area (TPSA) is 242 Å². The van der Waals surface area contributed by atoms with Crippen molar-refractivity contribution in [2.45, 2.75) is 6.42 Å². The molecule has 5 amide bonds. The van der Waals surface area contributed by atoms with Crippen molar-refractivity contribution in [3.05, 3.63) is 181 Å². The lowest BCUT2D eigenvalue weighted by atomic mass is 10.00. The van der Waals surface area contributed by atoms with Gasteiger partial charge in [0.25, 0.3) is 29.5 Å². The van der Waals surface area contributed by atoms with E-state index in [1.54, 1.807) is 0 Å². The zero-order valence-electron chi connectivity index (χ0n) is 29.9. The highest BCUT2D eigenvalue weighted by molar-refractivity contribution is 6.35. The van der Waals surface area contributed by atoms with Crippen LogP contribution in [0, 0.1) is 20.2 Å². The second-order valence-corrected chi connectivity index (χ2v) is 13.0. The Morgan fingerprint density at radius 1 is 0.576 bits per heavy atom. The molecule has 1 N–H and O–H groups in total. The summed E-state index contributed by atoms with van der Waals surface area (Å²) in [6, 6.07) is 25.4. The minimum Gasteiger partial charge on any atom is -0.457 e. The number of fused-ring (bicyclic) bond motifs is 2. The minimum atomic E-state index is -0.676. The molecule has 0 bridgehead atoms. The lowest BCUT2D eigenvalue weighted by molar-refractivity contribution is -0.389. The van der Waals surface area contributed by atoms with Crippen LogP contribution in [0.15, 0.2) is 122 Å². The normalized spacial score (nSPS) is 12.9. The Bertz CT molecular complexity index is 2620. The number of nitrogens with one attached hydrogen (secondary N) is 1. The van der Waals surface area contributed by atoms with E-state index in [2.05, 4.69) is 15.3 Å². The maximum atomic E-state index is 13.4. The number of amides is 5. The van der Waals surface area contributed by atoms with Gasteiger partial charge in [-0.1, -0.05) is 6.07 Å². The number of hydrogen-bond donors (Lipinski definition) is 1. The van der Waals surface area contributed by atoms with Gasteiger partial charge in [-0.25, -0.2) is 9.80 Å². The number of anilines is 3. The summed E-state index contributed by atoms with van der Waals surface area (Å²) in [6.07, 6.45) is 2.23. The number of benzene rings is 4. The van der Waals surface area contributed by atoms with Crippen LogP contribution in [-0.2, 0) is 6.42 Å². The number of ether oxygens (including phenoxy) is 1. The summed E-state index contributed by atoms with van der Waals surface area (Å²) in [6.45, 7) is 0. The van der Waals surface area contributed by atoms with E-state index >= 15 is 0 Å². The smallest absolute Gasteiger partial charge is 0.363 e. The van der Waals surface area contributed by atoms with Gasteiger partial charge in [-0.3, -0.25) is 28.8 Å². The molecule has 2 aromatic heterocycles. The lowest BCUT2D eigenvalue weighted by Gasteiger charge is -2.16. The van der Waals surface area contributed by atoms with Crippen LogP contribution in [0.4, 0.5) is 28.7 Å². The van der Waals surface area contributed by atoms with Gasteiger partial charge in [0, 0.05) is 35.2 Å². The van der Waals surface area contributed by atoms with Gasteiger partial charge in [0.05, 0.1) is 39.3 Å². The number of carbonyl (C=O) groups is 6. The Kier molecular flexibility index (Phi) is 9.25. The molecule has 0 saturated heterocycles. The number of hydrogen-bond acceptors (Lipinski definition) is 13. The van der Waals surface area contributed by atoms with Crippen LogP contribution in [0.25, 0.3) is 0 Å². The van der Waals surface area contributed by atoms with E-state index in [1.165, 1.54) is 109 Å². The van der Waals surface area contributed by atoms with Crippen LogP contribution in [0.1, 0.15) is 67.7 Å². The lowest BCUT2D eigenvalue weighted by Crippen LogP contribution is -2.29. The van der Waals surface area contributed by atoms with E-state index in [1.807, 2.05) is 0 Å². The van der Waals surface area contributed by atoms with Crippen LogP contribution in [0.3, 0.4) is 0 Å². The van der Waals surface area contributed by atoms with Gasteiger partial charge < -0.3 is 30.3 Å². The molecule has 0 aliphatic carbocycles. The summed E-state index contributed by atoms with van der Waals surface area (Å²) in [5.41, 5.74) is 1.62. The molecule has 18 nitrogen and oxygen atoms in total. The van der Waals surface area contributed by atoms with Crippen LogP contribution < -0.4 is 19.9 Å². The Balaban J connectivity index is 0.904. The standard InChI is InChI=1S/C41H23N7O11/c49-34(17-22-1-15-35(42-20-22)47(55)56)23-2-13-30-32(18-23)40(53)45(38(30)51)26-5-9-28(10-6-26)59-29-11-7-27(8-12-29)46-39(52)31-14-3-24(19-33(31)41(46)54)37(50)44-25-4-16-36(43-21-25)48(57)58/h1-16,18-21H,17H2,(H,44,50). The molecule has 0 fully saturated rings. The average Bonchev–Trinajstić information content (AvgIpc) is 3.64. The van der Waals surface area contributed by atoms with E-state index in [-0.39, 0.29) is 68.5 Å². The fraction of sp³-hybridized carbons (Fsp3) is 0.0244. The molecule has 59 heavy (non-hydrogen) atoms. The quantitative estimate of drug-likeness (QED) is 0.0650. The molecule has 18 heteroatoms. The number of imide groups is 2. The average molecular weight is 790 g/mol. The Hall–Kier alpha value is -8.80. The third-order valence-corrected chi connectivity index (χ3v) is 9.34. The molecule has 8 rings (SSSR count). The van der Waals surface area contributed by atoms with Gasteiger partial charge >= 0.3 is 11.6 Å². The van der Waals surface area contributed by atoms with Crippen molar-refractivity contribution in [2.24, 2.45) is 0 Å². The second kappa shape index (κ2) is 14.7. The third-order valence-electron chi connectivity index (χ3n) is 9.34. The highest BCUT2D eigenvalue weighted by Crippen LogP contribution is 2.34. The largest absolute Gasteiger partial charge is 0.457 e. The minimum absolute atomic E-state index is 0.00864. The number of carbonyl (C=O) groups excluding carboxylic acids is 6. The summed E-state index contributed by atoms with van der Waals surface area (Å²) in [4.78, 5) is 109. The number of Topliss-reactive ketones (excluding diaryl/α,β-unsaturated/α-hetero) is 1. The van der Waals surface area contributed by atoms with E-state index in [9.17, 15) is 49.0 Å². The highest BCUT2D eigenvalue weighted by atomic mass is 16.6. The van der Waals surface area contributed by atoms with Crippen molar-refractivity contribution in [2.75, 3.05) is 15.1 Å². The molecule has 2 aliphatic heterocycles. The van der Waals surface area contributed by atoms with E-state index in [4.69, 9.17) is 4.74 Å².